The monoisotopic (exact) mass is 310 g/mol. The van der Waals surface area contributed by atoms with E-state index in [2.05, 4.69) is 26.0 Å². The standard InChI is InChI=1S/C14H26N6O2/c1-10(2)8-11(18-13(22)14(3,4)5)12(21)15-6-7-20-17-9-16-19-20/h9-11H,6-8H2,1-5H3,(H,15,21)(H,18,22)/t11-/m0/s1. The first-order valence-corrected chi connectivity index (χ1v) is 7.49. The van der Waals surface area contributed by atoms with Crippen LogP contribution in [0.25, 0.3) is 0 Å². The van der Waals surface area contributed by atoms with Gasteiger partial charge < -0.3 is 10.6 Å². The maximum atomic E-state index is 12.3. The van der Waals surface area contributed by atoms with Gasteiger partial charge in [-0.3, -0.25) is 9.59 Å². The van der Waals surface area contributed by atoms with Gasteiger partial charge in [0, 0.05) is 12.0 Å². The average Bonchev–Trinajstić information content (AvgIpc) is 2.89. The molecule has 0 aliphatic rings. The van der Waals surface area contributed by atoms with E-state index < -0.39 is 11.5 Å². The largest absolute Gasteiger partial charge is 0.352 e. The normalized spacial score (nSPS) is 13.0. The first kappa shape index (κ1) is 18.1. The minimum atomic E-state index is -0.532. The Bertz CT molecular complexity index is 478. The molecule has 22 heavy (non-hydrogen) atoms. The van der Waals surface area contributed by atoms with E-state index >= 15 is 0 Å². The molecule has 1 rings (SSSR count). The number of amides is 2. The average molecular weight is 310 g/mol. The number of carbonyl (C=O) groups is 2. The van der Waals surface area contributed by atoms with Crippen molar-refractivity contribution in [1.82, 2.24) is 30.8 Å². The minimum Gasteiger partial charge on any atom is -0.352 e. The van der Waals surface area contributed by atoms with Crippen LogP contribution in [0.15, 0.2) is 6.33 Å². The quantitative estimate of drug-likeness (QED) is 0.757. The maximum Gasteiger partial charge on any atom is 0.242 e. The summed E-state index contributed by atoms with van der Waals surface area (Å²) in [5.74, 6) is -0.0225. The van der Waals surface area contributed by atoms with Crippen LogP contribution >= 0.6 is 0 Å². The fourth-order valence-electron chi connectivity index (χ4n) is 1.77. The first-order valence-electron chi connectivity index (χ1n) is 7.49. The zero-order chi connectivity index (χ0) is 16.8. The molecule has 0 saturated heterocycles. The number of carbonyl (C=O) groups excluding carboxylic acids is 2. The summed E-state index contributed by atoms with van der Waals surface area (Å²) in [6.45, 7) is 10.3. The second-order valence-electron chi connectivity index (χ2n) is 6.73. The number of hydrogen-bond acceptors (Lipinski definition) is 5. The van der Waals surface area contributed by atoms with E-state index in [9.17, 15) is 9.59 Å². The molecule has 8 nitrogen and oxygen atoms in total. The summed E-state index contributed by atoms with van der Waals surface area (Å²) < 4.78 is 0. The lowest BCUT2D eigenvalue weighted by Crippen LogP contribution is -2.50. The molecule has 2 amide bonds. The van der Waals surface area contributed by atoms with Crippen molar-refractivity contribution < 1.29 is 9.59 Å². The fourth-order valence-corrected chi connectivity index (χ4v) is 1.77. The molecule has 1 aromatic rings. The SMILES string of the molecule is CC(C)C[C@H](NC(=O)C(C)(C)C)C(=O)NCCn1ncnn1. The molecule has 0 fully saturated rings. The van der Waals surface area contributed by atoms with E-state index in [0.29, 0.717) is 25.4 Å². The third kappa shape index (κ3) is 6.19. The summed E-state index contributed by atoms with van der Waals surface area (Å²) >= 11 is 0. The van der Waals surface area contributed by atoms with Crippen LogP contribution in [0.4, 0.5) is 0 Å². The maximum absolute atomic E-state index is 12.3. The fraction of sp³-hybridized carbons (Fsp3) is 0.786. The molecule has 0 radical (unpaired) electrons. The van der Waals surface area contributed by atoms with Gasteiger partial charge in [-0.2, -0.15) is 4.80 Å². The van der Waals surface area contributed by atoms with Crippen LogP contribution in [0.1, 0.15) is 41.0 Å². The van der Waals surface area contributed by atoms with Gasteiger partial charge in [-0.05, 0) is 17.6 Å². The van der Waals surface area contributed by atoms with Crippen LogP contribution in [0, 0.1) is 11.3 Å². The number of hydrogen-bond donors (Lipinski definition) is 2. The van der Waals surface area contributed by atoms with Crippen LogP contribution in [0.3, 0.4) is 0 Å². The van der Waals surface area contributed by atoms with Crippen molar-refractivity contribution >= 4 is 11.8 Å². The highest BCUT2D eigenvalue weighted by Gasteiger charge is 2.27. The van der Waals surface area contributed by atoms with Crippen molar-refractivity contribution in [1.29, 1.82) is 0 Å². The van der Waals surface area contributed by atoms with Crippen LogP contribution < -0.4 is 10.6 Å². The summed E-state index contributed by atoms with van der Waals surface area (Å²) in [6.07, 6.45) is 1.93. The summed E-state index contributed by atoms with van der Waals surface area (Å²) in [4.78, 5) is 25.8. The van der Waals surface area contributed by atoms with Gasteiger partial charge in [-0.1, -0.05) is 34.6 Å². The highest BCUT2D eigenvalue weighted by Crippen LogP contribution is 2.14. The first-order chi connectivity index (χ1) is 10.2. The number of tetrazole rings is 1. The van der Waals surface area contributed by atoms with Gasteiger partial charge >= 0.3 is 0 Å². The number of nitrogens with zero attached hydrogens (tertiary/aromatic N) is 4. The van der Waals surface area contributed by atoms with Crippen LogP contribution in [0.5, 0.6) is 0 Å². The molecule has 0 aliphatic carbocycles. The Hall–Kier alpha value is -1.99. The van der Waals surface area contributed by atoms with E-state index in [-0.39, 0.29) is 11.8 Å². The van der Waals surface area contributed by atoms with Crippen LogP contribution in [0.2, 0.25) is 0 Å². The highest BCUT2D eigenvalue weighted by atomic mass is 16.2. The molecule has 0 bridgehead atoms. The third-order valence-corrected chi connectivity index (χ3v) is 3.01. The molecule has 124 valence electrons. The zero-order valence-corrected chi connectivity index (χ0v) is 14.0. The van der Waals surface area contributed by atoms with E-state index in [1.54, 1.807) is 0 Å². The van der Waals surface area contributed by atoms with Gasteiger partial charge in [0.1, 0.15) is 6.04 Å². The molecule has 0 aromatic carbocycles. The Kier molecular flexibility index (Phi) is 6.45. The van der Waals surface area contributed by atoms with E-state index in [0.717, 1.165) is 0 Å². The lowest BCUT2D eigenvalue weighted by atomic mass is 9.94. The number of aromatic nitrogens is 4. The van der Waals surface area contributed by atoms with Gasteiger partial charge in [0.15, 0.2) is 6.33 Å². The predicted octanol–water partition coefficient (Wildman–Crippen LogP) is 0.366. The van der Waals surface area contributed by atoms with Crippen LogP contribution in [-0.4, -0.2) is 44.6 Å². The van der Waals surface area contributed by atoms with Crippen LogP contribution in [-0.2, 0) is 16.1 Å². The Balaban J connectivity index is 2.54. The molecule has 8 heteroatoms. The molecular formula is C14H26N6O2. The van der Waals surface area contributed by atoms with Gasteiger partial charge in [-0.25, -0.2) is 0 Å². The lowest BCUT2D eigenvalue weighted by molar-refractivity contribution is -0.133. The Morgan fingerprint density at radius 1 is 1.27 bits per heavy atom. The molecule has 0 unspecified atom stereocenters. The van der Waals surface area contributed by atoms with E-state index in [4.69, 9.17) is 0 Å². The minimum absolute atomic E-state index is 0.133. The van der Waals surface area contributed by atoms with Crippen molar-refractivity contribution in [2.24, 2.45) is 11.3 Å². The summed E-state index contributed by atoms with van der Waals surface area (Å²) in [5, 5.41) is 16.8. The van der Waals surface area contributed by atoms with Crippen molar-refractivity contribution in [3.05, 3.63) is 6.33 Å². The topological polar surface area (TPSA) is 102 Å². The molecule has 0 spiro atoms. The van der Waals surface area contributed by atoms with Crippen molar-refractivity contribution in [2.75, 3.05) is 6.54 Å². The van der Waals surface area contributed by atoms with Gasteiger partial charge in [0.25, 0.3) is 0 Å². The number of nitrogens with one attached hydrogen (secondary N) is 2. The molecular weight excluding hydrogens is 284 g/mol. The second kappa shape index (κ2) is 7.86. The molecule has 0 aliphatic heterocycles. The van der Waals surface area contributed by atoms with E-state index in [1.165, 1.54) is 11.1 Å². The molecule has 2 N–H and O–H groups in total. The summed E-state index contributed by atoms with van der Waals surface area (Å²) in [7, 11) is 0. The lowest BCUT2D eigenvalue weighted by Gasteiger charge is -2.25. The highest BCUT2D eigenvalue weighted by molar-refractivity contribution is 5.89. The van der Waals surface area contributed by atoms with E-state index in [1.807, 2.05) is 34.6 Å². The number of rotatable bonds is 7. The Labute approximate surface area is 131 Å². The van der Waals surface area contributed by atoms with Crippen molar-refractivity contribution in [3.8, 4) is 0 Å². The second-order valence-corrected chi connectivity index (χ2v) is 6.73. The summed E-state index contributed by atoms with van der Waals surface area (Å²) in [5.41, 5.74) is -0.528. The molecule has 1 aromatic heterocycles. The smallest absolute Gasteiger partial charge is 0.242 e. The van der Waals surface area contributed by atoms with Gasteiger partial charge in [-0.15, -0.1) is 10.2 Å². The van der Waals surface area contributed by atoms with Crippen molar-refractivity contribution in [3.63, 3.8) is 0 Å². The Morgan fingerprint density at radius 3 is 2.45 bits per heavy atom. The third-order valence-electron chi connectivity index (χ3n) is 3.01. The summed E-state index contributed by atoms with van der Waals surface area (Å²) in [6, 6.07) is -0.532. The predicted molar refractivity (Wildman–Crippen MR) is 81.7 cm³/mol. The van der Waals surface area contributed by atoms with Crippen molar-refractivity contribution in [2.45, 2.75) is 53.6 Å². The van der Waals surface area contributed by atoms with Gasteiger partial charge in [0.05, 0.1) is 6.54 Å². The Morgan fingerprint density at radius 2 is 1.95 bits per heavy atom. The molecule has 1 heterocycles. The van der Waals surface area contributed by atoms with Gasteiger partial charge in [0.2, 0.25) is 11.8 Å². The molecule has 1 atom stereocenters. The molecule has 0 saturated carbocycles. The zero-order valence-electron chi connectivity index (χ0n) is 14.0.